The predicted molar refractivity (Wildman–Crippen MR) is 67.2 cm³/mol. The van der Waals surface area contributed by atoms with Crippen molar-refractivity contribution in [3.63, 3.8) is 0 Å². The summed E-state index contributed by atoms with van der Waals surface area (Å²) in [6, 6.07) is 4.62. The summed E-state index contributed by atoms with van der Waals surface area (Å²) in [6.07, 6.45) is 0.513. The third-order valence-corrected chi connectivity index (χ3v) is 3.50. The third-order valence-electron chi connectivity index (χ3n) is 2.37. The average molecular weight is 242 g/mol. The Kier molecular flexibility index (Phi) is 5.29. The largest absolute Gasteiger partial charge is 0.389 e. The molecule has 0 amide bonds. The minimum absolute atomic E-state index is 0.288. The molecule has 16 heavy (non-hydrogen) atoms. The molecule has 0 radical (unpaired) electrons. The number of hydrogen-bond acceptors (Lipinski definition) is 2. The highest BCUT2D eigenvalue weighted by Crippen LogP contribution is 2.29. The van der Waals surface area contributed by atoms with E-state index in [-0.39, 0.29) is 5.82 Å². The summed E-state index contributed by atoms with van der Waals surface area (Å²) in [4.78, 5) is 0.983. The monoisotopic (exact) mass is 242 g/mol. The van der Waals surface area contributed by atoms with Gasteiger partial charge in [0.15, 0.2) is 0 Å². The van der Waals surface area contributed by atoms with E-state index in [0.29, 0.717) is 11.5 Å². The zero-order chi connectivity index (χ0) is 12.1. The van der Waals surface area contributed by atoms with Gasteiger partial charge < -0.3 is 5.11 Å². The first-order valence-corrected chi connectivity index (χ1v) is 6.59. The van der Waals surface area contributed by atoms with Crippen molar-refractivity contribution in [1.82, 2.24) is 0 Å². The Hall–Kier alpha value is -0.540. The summed E-state index contributed by atoms with van der Waals surface area (Å²) < 4.78 is 13.0. The van der Waals surface area contributed by atoms with Crippen LogP contribution in [0.1, 0.15) is 38.9 Å². The van der Waals surface area contributed by atoms with Crippen molar-refractivity contribution in [2.24, 2.45) is 5.92 Å². The number of aliphatic hydroxyl groups is 1. The van der Waals surface area contributed by atoms with E-state index in [9.17, 15) is 9.50 Å². The maximum absolute atomic E-state index is 13.0. The van der Waals surface area contributed by atoms with Gasteiger partial charge in [-0.3, -0.25) is 0 Å². The Balaban J connectivity index is 2.71. The van der Waals surface area contributed by atoms with Crippen LogP contribution in [0.2, 0.25) is 0 Å². The molecule has 1 rings (SSSR count). The highest BCUT2D eigenvalue weighted by Gasteiger charge is 2.09. The summed E-state index contributed by atoms with van der Waals surface area (Å²) >= 11 is 1.69. The van der Waals surface area contributed by atoms with Gasteiger partial charge in [0.25, 0.3) is 0 Å². The lowest BCUT2D eigenvalue weighted by molar-refractivity contribution is 0.196. The minimum Gasteiger partial charge on any atom is -0.389 e. The van der Waals surface area contributed by atoms with Gasteiger partial charge in [-0.25, -0.2) is 4.39 Å². The molecule has 0 bridgehead atoms. The normalized spacial score (nSPS) is 13.1. The van der Waals surface area contributed by atoms with Crippen molar-refractivity contribution in [3.05, 3.63) is 29.6 Å². The summed E-state index contributed by atoms with van der Waals surface area (Å²) in [5.74, 6) is 1.38. The Labute approximate surface area is 101 Å². The molecular formula is C13H19FOS. The lowest BCUT2D eigenvalue weighted by atomic mass is 10.1. The lowest BCUT2D eigenvalue weighted by Gasteiger charge is -2.12. The van der Waals surface area contributed by atoms with Crippen LogP contribution in [0.4, 0.5) is 4.39 Å². The van der Waals surface area contributed by atoms with Gasteiger partial charge in [0.05, 0.1) is 6.10 Å². The van der Waals surface area contributed by atoms with Gasteiger partial charge in [-0.2, -0.15) is 0 Å². The molecule has 0 heterocycles. The van der Waals surface area contributed by atoms with E-state index < -0.39 is 6.10 Å². The van der Waals surface area contributed by atoms with Crippen molar-refractivity contribution >= 4 is 11.8 Å². The van der Waals surface area contributed by atoms with Gasteiger partial charge in [-0.1, -0.05) is 13.8 Å². The fourth-order valence-corrected chi connectivity index (χ4v) is 2.75. The van der Waals surface area contributed by atoms with Crippen LogP contribution in [0.25, 0.3) is 0 Å². The van der Waals surface area contributed by atoms with Crippen molar-refractivity contribution < 1.29 is 9.50 Å². The number of aliphatic hydroxyl groups excluding tert-OH is 1. The molecule has 1 aromatic rings. The highest BCUT2D eigenvalue weighted by atomic mass is 32.2. The SMILES string of the molecule is CC(C)CCSc1ccc(F)cc1[C@@H](C)O. The standard InChI is InChI=1S/C13H19FOS/c1-9(2)6-7-16-13-5-4-11(14)8-12(13)10(3)15/h4-5,8-10,15H,6-7H2,1-3H3/t10-/m1/s1. The van der Waals surface area contributed by atoms with Crippen molar-refractivity contribution in [2.45, 2.75) is 38.2 Å². The zero-order valence-electron chi connectivity index (χ0n) is 10.0. The Morgan fingerprint density at radius 2 is 2.00 bits per heavy atom. The quantitative estimate of drug-likeness (QED) is 0.787. The number of thioether (sulfide) groups is 1. The van der Waals surface area contributed by atoms with E-state index in [1.165, 1.54) is 12.1 Å². The lowest BCUT2D eigenvalue weighted by Crippen LogP contribution is -1.97. The van der Waals surface area contributed by atoms with Crippen molar-refractivity contribution in [2.75, 3.05) is 5.75 Å². The molecule has 1 nitrogen and oxygen atoms in total. The number of rotatable bonds is 5. The van der Waals surface area contributed by atoms with E-state index in [1.807, 2.05) is 0 Å². The maximum atomic E-state index is 13.0. The Morgan fingerprint density at radius 1 is 1.31 bits per heavy atom. The molecule has 0 saturated carbocycles. The van der Waals surface area contributed by atoms with Crippen LogP contribution in [0.3, 0.4) is 0 Å². The molecule has 0 aliphatic heterocycles. The third kappa shape index (κ3) is 4.14. The van der Waals surface area contributed by atoms with Gasteiger partial charge in [-0.15, -0.1) is 11.8 Å². The van der Waals surface area contributed by atoms with Crippen molar-refractivity contribution in [3.8, 4) is 0 Å². The topological polar surface area (TPSA) is 20.2 Å². The smallest absolute Gasteiger partial charge is 0.123 e. The fourth-order valence-electron chi connectivity index (χ4n) is 1.38. The molecule has 0 aliphatic rings. The molecule has 1 atom stereocenters. The van der Waals surface area contributed by atoms with Crippen LogP contribution in [0.15, 0.2) is 23.1 Å². The van der Waals surface area contributed by atoms with Crippen LogP contribution >= 0.6 is 11.8 Å². The molecule has 0 aromatic heterocycles. The first kappa shape index (κ1) is 13.5. The van der Waals surface area contributed by atoms with E-state index in [2.05, 4.69) is 13.8 Å². The Morgan fingerprint density at radius 3 is 2.56 bits per heavy atom. The minimum atomic E-state index is -0.614. The predicted octanol–water partition coefficient (Wildman–Crippen LogP) is 4.02. The van der Waals surface area contributed by atoms with Crippen LogP contribution in [0, 0.1) is 11.7 Å². The highest BCUT2D eigenvalue weighted by molar-refractivity contribution is 7.99. The molecule has 0 unspecified atom stereocenters. The summed E-state index contributed by atoms with van der Waals surface area (Å²) in [6.45, 7) is 6.03. The second-order valence-corrected chi connectivity index (χ2v) is 5.53. The Bertz CT molecular complexity index is 337. The van der Waals surface area contributed by atoms with Gasteiger partial charge in [-0.05, 0) is 48.8 Å². The molecule has 1 N–H and O–H groups in total. The molecule has 0 spiro atoms. The summed E-state index contributed by atoms with van der Waals surface area (Å²) in [5.41, 5.74) is 0.689. The molecule has 0 fully saturated rings. The average Bonchev–Trinajstić information content (AvgIpc) is 2.19. The molecule has 0 saturated heterocycles. The second kappa shape index (κ2) is 6.26. The molecule has 90 valence electrons. The molecule has 1 aromatic carbocycles. The number of halogens is 1. The van der Waals surface area contributed by atoms with E-state index >= 15 is 0 Å². The number of hydrogen-bond donors (Lipinski definition) is 1. The van der Waals surface area contributed by atoms with Gasteiger partial charge in [0.1, 0.15) is 5.82 Å². The van der Waals surface area contributed by atoms with Crippen LogP contribution in [0.5, 0.6) is 0 Å². The fraction of sp³-hybridized carbons (Fsp3) is 0.538. The summed E-state index contributed by atoms with van der Waals surface area (Å²) in [7, 11) is 0. The zero-order valence-corrected chi connectivity index (χ0v) is 10.9. The van der Waals surface area contributed by atoms with Gasteiger partial charge in [0, 0.05) is 4.90 Å². The van der Waals surface area contributed by atoms with Crippen LogP contribution in [-0.4, -0.2) is 10.9 Å². The van der Waals surface area contributed by atoms with Crippen LogP contribution in [-0.2, 0) is 0 Å². The van der Waals surface area contributed by atoms with Crippen LogP contribution < -0.4 is 0 Å². The molecule has 0 aliphatic carbocycles. The summed E-state index contributed by atoms with van der Waals surface area (Å²) in [5, 5.41) is 9.56. The van der Waals surface area contributed by atoms with Gasteiger partial charge in [0.2, 0.25) is 0 Å². The first-order valence-electron chi connectivity index (χ1n) is 5.61. The van der Waals surface area contributed by atoms with Gasteiger partial charge >= 0.3 is 0 Å². The van der Waals surface area contributed by atoms with E-state index in [1.54, 1.807) is 24.8 Å². The first-order chi connectivity index (χ1) is 7.50. The molecule has 3 heteroatoms. The molecular weight excluding hydrogens is 223 g/mol. The number of benzene rings is 1. The second-order valence-electron chi connectivity index (χ2n) is 4.39. The van der Waals surface area contributed by atoms with E-state index in [0.717, 1.165) is 17.1 Å². The van der Waals surface area contributed by atoms with Crippen molar-refractivity contribution in [1.29, 1.82) is 0 Å². The van der Waals surface area contributed by atoms with E-state index in [4.69, 9.17) is 0 Å². The maximum Gasteiger partial charge on any atom is 0.123 e.